The standard InChI is InChI=1S/C13H29N3O/c1-6-8-11(2)15-13(17)12(3)14-9-7-10-16(4)5/h11-12,14H,6-10H2,1-5H3,(H,15,17). The van der Waals surface area contributed by atoms with Gasteiger partial charge in [0, 0.05) is 6.04 Å². The number of hydrogen-bond acceptors (Lipinski definition) is 3. The van der Waals surface area contributed by atoms with Crippen LogP contribution in [0.4, 0.5) is 0 Å². The van der Waals surface area contributed by atoms with Gasteiger partial charge in [-0.2, -0.15) is 0 Å². The van der Waals surface area contributed by atoms with Crippen molar-refractivity contribution in [3.05, 3.63) is 0 Å². The van der Waals surface area contributed by atoms with Gasteiger partial charge in [0.2, 0.25) is 5.91 Å². The summed E-state index contributed by atoms with van der Waals surface area (Å²) < 4.78 is 0. The van der Waals surface area contributed by atoms with Crippen LogP contribution in [0.25, 0.3) is 0 Å². The van der Waals surface area contributed by atoms with Crippen molar-refractivity contribution >= 4 is 5.91 Å². The molecule has 0 saturated heterocycles. The molecule has 0 aromatic rings. The predicted molar refractivity (Wildman–Crippen MR) is 73.1 cm³/mol. The topological polar surface area (TPSA) is 44.4 Å². The minimum atomic E-state index is -0.100. The van der Waals surface area contributed by atoms with Crippen molar-refractivity contribution < 1.29 is 4.79 Å². The van der Waals surface area contributed by atoms with Crippen molar-refractivity contribution in [2.75, 3.05) is 27.2 Å². The molecular weight excluding hydrogens is 214 g/mol. The first kappa shape index (κ1) is 16.4. The first-order valence-corrected chi connectivity index (χ1v) is 6.65. The van der Waals surface area contributed by atoms with E-state index in [1.165, 1.54) is 0 Å². The number of nitrogens with one attached hydrogen (secondary N) is 2. The third kappa shape index (κ3) is 9.12. The molecule has 0 heterocycles. The summed E-state index contributed by atoms with van der Waals surface area (Å²) in [7, 11) is 4.12. The number of hydrogen-bond donors (Lipinski definition) is 2. The van der Waals surface area contributed by atoms with Crippen LogP contribution < -0.4 is 10.6 Å². The largest absolute Gasteiger partial charge is 0.352 e. The third-order valence-corrected chi connectivity index (χ3v) is 2.74. The van der Waals surface area contributed by atoms with Gasteiger partial charge in [-0.3, -0.25) is 4.79 Å². The molecular formula is C13H29N3O. The van der Waals surface area contributed by atoms with Gasteiger partial charge in [0.1, 0.15) is 0 Å². The van der Waals surface area contributed by atoms with E-state index in [2.05, 4.69) is 43.5 Å². The fourth-order valence-corrected chi connectivity index (χ4v) is 1.68. The maximum atomic E-state index is 11.8. The molecule has 2 atom stereocenters. The molecule has 0 saturated carbocycles. The molecule has 17 heavy (non-hydrogen) atoms. The quantitative estimate of drug-likeness (QED) is 0.599. The Labute approximate surface area is 106 Å². The van der Waals surface area contributed by atoms with Crippen LogP contribution in [0.2, 0.25) is 0 Å². The summed E-state index contributed by atoms with van der Waals surface area (Å²) in [6.07, 6.45) is 3.21. The summed E-state index contributed by atoms with van der Waals surface area (Å²) in [6, 6.07) is 0.176. The highest BCUT2D eigenvalue weighted by molar-refractivity contribution is 5.81. The Morgan fingerprint density at radius 3 is 2.47 bits per heavy atom. The minimum absolute atomic E-state index is 0.100. The van der Waals surface area contributed by atoms with Gasteiger partial charge in [0.05, 0.1) is 6.04 Å². The number of carbonyl (C=O) groups is 1. The normalized spacial score (nSPS) is 14.7. The van der Waals surface area contributed by atoms with Crippen LogP contribution in [0.5, 0.6) is 0 Å². The first-order chi connectivity index (χ1) is 7.97. The molecule has 4 heteroatoms. The van der Waals surface area contributed by atoms with E-state index in [0.717, 1.165) is 32.4 Å². The highest BCUT2D eigenvalue weighted by Crippen LogP contribution is 1.95. The van der Waals surface area contributed by atoms with E-state index in [0.29, 0.717) is 0 Å². The van der Waals surface area contributed by atoms with Gasteiger partial charge in [-0.05, 0) is 53.9 Å². The smallest absolute Gasteiger partial charge is 0.237 e. The molecule has 2 N–H and O–H groups in total. The average Bonchev–Trinajstić information content (AvgIpc) is 2.23. The van der Waals surface area contributed by atoms with E-state index in [9.17, 15) is 4.79 Å². The van der Waals surface area contributed by atoms with Crippen molar-refractivity contribution in [3.8, 4) is 0 Å². The second-order valence-electron chi connectivity index (χ2n) is 5.03. The molecule has 1 amide bonds. The molecule has 0 radical (unpaired) electrons. The lowest BCUT2D eigenvalue weighted by atomic mass is 10.2. The fraction of sp³-hybridized carbons (Fsp3) is 0.923. The van der Waals surface area contributed by atoms with E-state index >= 15 is 0 Å². The zero-order chi connectivity index (χ0) is 13.3. The van der Waals surface area contributed by atoms with E-state index in [1.54, 1.807) is 0 Å². The van der Waals surface area contributed by atoms with Crippen molar-refractivity contribution in [2.45, 2.75) is 52.1 Å². The molecule has 0 aliphatic heterocycles. The van der Waals surface area contributed by atoms with E-state index in [-0.39, 0.29) is 18.0 Å². The van der Waals surface area contributed by atoms with Crippen LogP contribution in [0, 0.1) is 0 Å². The molecule has 2 unspecified atom stereocenters. The van der Waals surface area contributed by atoms with Crippen LogP contribution in [0.15, 0.2) is 0 Å². The second kappa shape index (κ2) is 9.42. The number of carbonyl (C=O) groups excluding carboxylic acids is 1. The van der Waals surface area contributed by atoms with Crippen LogP contribution in [-0.4, -0.2) is 50.1 Å². The number of nitrogens with zero attached hydrogens (tertiary/aromatic N) is 1. The van der Waals surface area contributed by atoms with E-state index in [1.807, 2.05) is 6.92 Å². The molecule has 0 aromatic carbocycles. The van der Waals surface area contributed by atoms with Gasteiger partial charge < -0.3 is 15.5 Å². The highest BCUT2D eigenvalue weighted by Gasteiger charge is 2.13. The average molecular weight is 243 g/mol. The number of amides is 1. The molecule has 0 spiro atoms. The maximum Gasteiger partial charge on any atom is 0.237 e. The summed E-state index contributed by atoms with van der Waals surface area (Å²) in [4.78, 5) is 13.9. The van der Waals surface area contributed by atoms with E-state index < -0.39 is 0 Å². The lowest BCUT2D eigenvalue weighted by Gasteiger charge is -2.18. The maximum absolute atomic E-state index is 11.8. The molecule has 0 rings (SSSR count). The molecule has 0 aliphatic carbocycles. The zero-order valence-electron chi connectivity index (χ0n) is 12.0. The van der Waals surface area contributed by atoms with Crippen molar-refractivity contribution in [1.29, 1.82) is 0 Å². The first-order valence-electron chi connectivity index (χ1n) is 6.65. The van der Waals surface area contributed by atoms with Crippen LogP contribution >= 0.6 is 0 Å². The monoisotopic (exact) mass is 243 g/mol. The summed E-state index contributed by atoms with van der Waals surface area (Å²) >= 11 is 0. The molecule has 0 bridgehead atoms. The molecule has 102 valence electrons. The fourth-order valence-electron chi connectivity index (χ4n) is 1.68. The third-order valence-electron chi connectivity index (χ3n) is 2.74. The van der Waals surface area contributed by atoms with Crippen LogP contribution in [0.3, 0.4) is 0 Å². The van der Waals surface area contributed by atoms with E-state index in [4.69, 9.17) is 0 Å². The Hall–Kier alpha value is -0.610. The molecule has 4 nitrogen and oxygen atoms in total. The Balaban J connectivity index is 3.67. The van der Waals surface area contributed by atoms with Gasteiger partial charge in [0.25, 0.3) is 0 Å². The highest BCUT2D eigenvalue weighted by atomic mass is 16.2. The molecule has 0 aliphatic rings. The lowest BCUT2D eigenvalue weighted by molar-refractivity contribution is -0.123. The van der Waals surface area contributed by atoms with Crippen LogP contribution in [-0.2, 0) is 4.79 Å². The van der Waals surface area contributed by atoms with Gasteiger partial charge in [-0.1, -0.05) is 13.3 Å². The molecule has 0 fully saturated rings. The van der Waals surface area contributed by atoms with Gasteiger partial charge >= 0.3 is 0 Å². The van der Waals surface area contributed by atoms with Gasteiger partial charge in [-0.15, -0.1) is 0 Å². The van der Waals surface area contributed by atoms with Crippen molar-refractivity contribution in [2.24, 2.45) is 0 Å². The van der Waals surface area contributed by atoms with Gasteiger partial charge in [0.15, 0.2) is 0 Å². The second-order valence-corrected chi connectivity index (χ2v) is 5.03. The SMILES string of the molecule is CCCC(C)NC(=O)C(C)NCCCN(C)C. The molecule has 0 aromatic heterocycles. The summed E-state index contributed by atoms with van der Waals surface area (Å²) in [5.74, 6) is 0.107. The zero-order valence-corrected chi connectivity index (χ0v) is 12.0. The summed E-state index contributed by atoms with van der Waals surface area (Å²) in [5.41, 5.74) is 0. The Morgan fingerprint density at radius 2 is 1.94 bits per heavy atom. The lowest BCUT2D eigenvalue weighted by Crippen LogP contribution is -2.45. The minimum Gasteiger partial charge on any atom is -0.352 e. The van der Waals surface area contributed by atoms with Crippen molar-refractivity contribution in [1.82, 2.24) is 15.5 Å². The number of rotatable bonds is 9. The summed E-state index contributed by atoms with van der Waals surface area (Å²) in [5, 5.41) is 6.26. The summed E-state index contributed by atoms with van der Waals surface area (Å²) in [6.45, 7) is 8.04. The Bertz CT molecular complexity index is 207. The Kier molecular flexibility index (Phi) is 9.09. The Morgan fingerprint density at radius 1 is 1.29 bits per heavy atom. The van der Waals surface area contributed by atoms with Crippen molar-refractivity contribution in [3.63, 3.8) is 0 Å². The van der Waals surface area contributed by atoms with Gasteiger partial charge in [-0.25, -0.2) is 0 Å². The predicted octanol–water partition coefficient (Wildman–Crippen LogP) is 1.22. The van der Waals surface area contributed by atoms with Crippen LogP contribution in [0.1, 0.15) is 40.0 Å².